The van der Waals surface area contributed by atoms with E-state index >= 15 is 0 Å². The van der Waals surface area contributed by atoms with Gasteiger partial charge in [-0.25, -0.2) is 0 Å². The van der Waals surface area contributed by atoms with E-state index in [0.29, 0.717) is 17.9 Å². The molecule has 1 saturated heterocycles. The van der Waals surface area contributed by atoms with Crippen molar-refractivity contribution in [2.75, 3.05) is 33.2 Å². The summed E-state index contributed by atoms with van der Waals surface area (Å²) in [5.74, 6) is 0.683. The third-order valence-electron chi connectivity index (χ3n) is 4.25. The summed E-state index contributed by atoms with van der Waals surface area (Å²) in [6.07, 6.45) is 0. The van der Waals surface area contributed by atoms with Crippen LogP contribution >= 0.6 is 15.9 Å². The molecule has 0 aliphatic carbocycles. The standard InChI is InChI=1S/C19H21BrN2O2/c1-21-10-12-22(13-11-21)19(23)16-7-3-5-9-18(16)24-14-15-6-2-4-8-17(15)20/h2-9H,10-14H2,1H3. The van der Waals surface area contributed by atoms with Crippen molar-refractivity contribution in [2.45, 2.75) is 6.61 Å². The lowest BCUT2D eigenvalue weighted by Crippen LogP contribution is -2.47. The second kappa shape index (κ2) is 7.81. The van der Waals surface area contributed by atoms with Gasteiger partial charge in [-0.05, 0) is 25.2 Å². The predicted octanol–water partition coefficient (Wildman–Crippen LogP) is 3.42. The molecule has 0 unspecified atom stereocenters. The van der Waals surface area contributed by atoms with Crippen LogP contribution in [0.1, 0.15) is 15.9 Å². The maximum atomic E-state index is 12.8. The van der Waals surface area contributed by atoms with Gasteiger partial charge in [0, 0.05) is 36.2 Å². The van der Waals surface area contributed by atoms with Crippen LogP contribution in [0.5, 0.6) is 5.75 Å². The zero-order valence-electron chi connectivity index (χ0n) is 13.7. The van der Waals surface area contributed by atoms with E-state index in [0.717, 1.165) is 36.2 Å². The Morgan fingerprint density at radius 3 is 2.46 bits per heavy atom. The van der Waals surface area contributed by atoms with Gasteiger partial charge in [0.25, 0.3) is 5.91 Å². The fraction of sp³-hybridized carbons (Fsp3) is 0.316. The minimum absolute atomic E-state index is 0.0471. The van der Waals surface area contributed by atoms with E-state index in [1.54, 1.807) is 0 Å². The first kappa shape index (κ1) is 17.0. The van der Waals surface area contributed by atoms with Gasteiger partial charge in [0.05, 0.1) is 5.56 Å². The van der Waals surface area contributed by atoms with Gasteiger partial charge in [-0.1, -0.05) is 46.3 Å². The van der Waals surface area contributed by atoms with Gasteiger partial charge >= 0.3 is 0 Å². The lowest BCUT2D eigenvalue weighted by Gasteiger charge is -2.32. The Labute approximate surface area is 151 Å². The molecule has 1 aliphatic rings. The molecule has 1 heterocycles. The minimum Gasteiger partial charge on any atom is -0.488 e. The highest BCUT2D eigenvalue weighted by atomic mass is 79.9. The number of amides is 1. The first-order valence-electron chi connectivity index (χ1n) is 8.08. The lowest BCUT2D eigenvalue weighted by molar-refractivity contribution is 0.0659. The summed E-state index contributed by atoms with van der Waals surface area (Å²) in [6, 6.07) is 15.4. The monoisotopic (exact) mass is 388 g/mol. The van der Waals surface area contributed by atoms with E-state index in [1.807, 2.05) is 53.4 Å². The second-order valence-electron chi connectivity index (χ2n) is 5.97. The van der Waals surface area contributed by atoms with Crippen molar-refractivity contribution < 1.29 is 9.53 Å². The molecule has 0 N–H and O–H groups in total. The SMILES string of the molecule is CN1CCN(C(=O)c2ccccc2OCc2ccccc2Br)CC1. The number of rotatable bonds is 4. The van der Waals surface area contributed by atoms with Gasteiger partial charge in [-0.3, -0.25) is 4.79 Å². The molecule has 2 aromatic rings. The van der Waals surface area contributed by atoms with Gasteiger partial charge in [-0.15, -0.1) is 0 Å². The Hall–Kier alpha value is -1.85. The second-order valence-corrected chi connectivity index (χ2v) is 6.83. The first-order chi connectivity index (χ1) is 11.6. The number of carbonyl (C=O) groups is 1. The van der Waals surface area contributed by atoms with Crippen molar-refractivity contribution in [3.8, 4) is 5.75 Å². The van der Waals surface area contributed by atoms with Crippen molar-refractivity contribution in [3.63, 3.8) is 0 Å². The summed E-state index contributed by atoms with van der Waals surface area (Å²) in [4.78, 5) is 17.0. The summed E-state index contributed by atoms with van der Waals surface area (Å²) in [5.41, 5.74) is 1.69. The summed E-state index contributed by atoms with van der Waals surface area (Å²) >= 11 is 3.53. The van der Waals surface area contributed by atoms with Crippen LogP contribution < -0.4 is 4.74 Å². The number of para-hydroxylation sites is 1. The number of likely N-dealkylation sites (N-methyl/N-ethyl adjacent to an activating group) is 1. The largest absolute Gasteiger partial charge is 0.488 e. The summed E-state index contributed by atoms with van der Waals surface area (Å²) in [5, 5.41) is 0. The van der Waals surface area contributed by atoms with Crippen LogP contribution in [0.15, 0.2) is 53.0 Å². The molecule has 0 saturated carbocycles. The molecule has 1 amide bonds. The van der Waals surface area contributed by atoms with Gasteiger partial charge in [0.15, 0.2) is 0 Å². The van der Waals surface area contributed by atoms with Crippen LogP contribution in [0, 0.1) is 0 Å². The molecule has 126 valence electrons. The topological polar surface area (TPSA) is 32.8 Å². The molecule has 1 aliphatic heterocycles. The van der Waals surface area contributed by atoms with Gasteiger partial charge in [0.1, 0.15) is 12.4 Å². The van der Waals surface area contributed by atoms with Crippen molar-refractivity contribution in [1.82, 2.24) is 9.80 Å². The molecule has 0 atom stereocenters. The van der Waals surface area contributed by atoms with E-state index in [4.69, 9.17) is 4.74 Å². The molecule has 0 spiro atoms. The highest BCUT2D eigenvalue weighted by molar-refractivity contribution is 9.10. The normalized spacial score (nSPS) is 15.3. The molecule has 5 heteroatoms. The number of hydrogen-bond acceptors (Lipinski definition) is 3. The fourth-order valence-electron chi connectivity index (χ4n) is 2.72. The predicted molar refractivity (Wildman–Crippen MR) is 98.3 cm³/mol. The highest BCUT2D eigenvalue weighted by Crippen LogP contribution is 2.23. The summed E-state index contributed by atoms with van der Waals surface area (Å²) in [6.45, 7) is 3.76. The molecule has 2 aromatic carbocycles. The number of carbonyl (C=O) groups excluding carboxylic acids is 1. The summed E-state index contributed by atoms with van der Waals surface area (Å²) in [7, 11) is 2.08. The quantitative estimate of drug-likeness (QED) is 0.804. The molecular weight excluding hydrogens is 368 g/mol. The number of piperazine rings is 1. The molecule has 0 bridgehead atoms. The Morgan fingerprint density at radius 2 is 1.71 bits per heavy atom. The zero-order chi connectivity index (χ0) is 16.9. The van der Waals surface area contributed by atoms with E-state index in [1.165, 1.54) is 0 Å². The molecule has 0 aromatic heterocycles. The van der Waals surface area contributed by atoms with E-state index < -0.39 is 0 Å². The molecule has 1 fully saturated rings. The van der Waals surface area contributed by atoms with Crippen molar-refractivity contribution >= 4 is 21.8 Å². The minimum atomic E-state index is 0.0471. The van der Waals surface area contributed by atoms with Crippen LogP contribution in [0.3, 0.4) is 0 Å². The van der Waals surface area contributed by atoms with Crippen molar-refractivity contribution in [3.05, 3.63) is 64.1 Å². The van der Waals surface area contributed by atoms with Gasteiger partial charge in [-0.2, -0.15) is 0 Å². The van der Waals surface area contributed by atoms with Crippen LogP contribution in [0.2, 0.25) is 0 Å². The maximum absolute atomic E-state index is 12.8. The Bertz CT molecular complexity index is 712. The smallest absolute Gasteiger partial charge is 0.257 e. The molecular formula is C19H21BrN2O2. The van der Waals surface area contributed by atoms with E-state index in [-0.39, 0.29) is 5.91 Å². The van der Waals surface area contributed by atoms with Gasteiger partial charge in [0.2, 0.25) is 0 Å². The van der Waals surface area contributed by atoms with Crippen LogP contribution in [0.25, 0.3) is 0 Å². The number of benzene rings is 2. The third kappa shape index (κ3) is 3.97. The van der Waals surface area contributed by atoms with E-state index in [2.05, 4.69) is 27.9 Å². The number of halogens is 1. The number of ether oxygens (including phenoxy) is 1. The zero-order valence-corrected chi connectivity index (χ0v) is 15.3. The number of hydrogen-bond donors (Lipinski definition) is 0. The fourth-order valence-corrected chi connectivity index (χ4v) is 3.12. The third-order valence-corrected chi connectivity index (χ3v) is 5.02. The van der Waals surface area contributed by atoms with Crippen molar-refractivity contribution in [2.24, 2.45) is 0 Å². The summed E-state index contributed by atoms with van der Waals surface area (Å²) < 4.78 is 6.96. The number of nitrogens with zero attached hydrogens (tertiary/aromatic N) is 2. The molecule has 3 rings (SSSR count). The molecule has 0 radical (unpaired) electrons. The Morgan fingerprint density at radius 1 is 1.04 bits per heavy atom. The Kier molecular flexibility index (Phi) is 5.53. The first-order valence-corrected chi connectivity index (χ1v) is 8.87. The van der Waals surface area contributed by atoms with Crippen LogP contribution in [-0.4, -0.2) is 48.9 Å². The lowest BCUT2D eigenvalue weighted by atomic mass is 10.1. The average molecular weight is 389 g/mol. The highest BCUT2D eigenvalue weighted by Gasteiger charge is 2.22. The molecule has 24 heavy (non-hydrogen) atoms. The maximum Gasteiger partial charge on any atom is 0.257 e. The van der Waals surface area contributed by atoms with Crippen molar-refractivity contribution in [1.29, 1.82) is 0 Å². The average Bonchev–Trinajstić information content (AvgIpc) is 2.61. The van der Waals surface area contributed by atoms with Crippen LogP contribution in [0.4, 0.5) is 0 Å². The van der Waals surface area contributed by atoms with E-state index in [9.17, 15) is 4.79 Å². The van der Waals surface area contributed by atoms with Crippen LogP contribution in [-0.2, 0) is 6.61 Å². The molecule has 4 nitrogen and oxygen atoms in total. The Balaban J connectivity index is 1.73. The van der Waals surface area contributed by atoms with Gasteiger partial charge < -0.3 is 14.5 Å².